The summed E-state index contributed by atoms with van der Waals surface area (Å²) in [6.07, 6.45) is 8.83. The van der Waals surface area contributed by atoms with Crippen LogP contribution in [0.1, 0.15) is 58.8 Å². The average molecular weight is 312 g/mol. The quantitative estimate of drug-likeness (QED) is 0.669. The van der Waals surface area contributed by atoms with E-state index in [0.717, 1.165) is 31.2 Å². The lowest BCUT2D eigenvalue weighted by Crippen LogP contribution is -2.54. The highest BCUT2D eigenvalue weighted by Gasteiger charge is 2.51. The number of rotatable bonds is 6. The number of nitrogens with zero attached hydrogens (tertiary/aromatic N) is 1. The van der Waals surface area contributed by atoms with Crippen molar-refractivity contribution < 1.29 is 4.79 Å². The van der Waals surface area contributed by atoms with Crippen molar-refractivity contribution in [2.75, 3.05) is 12.4 Å². The van der Waals surface area contributed by atoms with Gasteiger partial charge in [0.1, 0.15) is 0 Å². The SMILES string of the molecule is CCC(CC)N(CCCl)C(=O)C1C2CC3CC(C2)CC1C3. The Morgan fingerprint density at radius 1 is 1.05 bits per heavy atom. The Hall–Kier alpha value is -0.240. The summed E-state index contributed by atoms with van der Waals surface area (Å²) in [5, 5.41) is 0. The maximum atomic E-state index is 13.2. The normalized spacial score (nSPS) is 37.2. The van der Waals surface area contributed by atoms with Crippen LogP contribution in [0.4, 0.5) is 0 Å². The molecule has 4 saturated carbocycles. The van der Waals surface area contributed by atoms with Gasteiger partial charge in [-0.1, -0.05) is 13.8 Å². The predicted octanol–water partition coefficient (Wildman–Crippen LogP) is 4.31. The van der Waals surface area contributed by atoms with E-state index in [0.29, 0.717) is 35.6 Å². The molecule has 0 N–H and O–H groups in total. The van der Waals surface area contributed by atoms with E-state index >= 15 is 0 Å². The lowest BCUT2D eigenvalue weighted by molar-refractivity contribution is -0.151. The van der Waals surface area contributed by atoms with Crippen LogP contribution in [0.5, 0.6) is 0 Å². The molecule has 4 aliphatic rings. The summed E-state index contributed by atoms with van der Waals surface area (Å²) >= 11 is 5.99. The summed E-state index contributed by atoms with van der Waals surface area (Å²) in [6, 6.07) is 0.383. The van der Waals surface area contributed by atoms with Gasteiger partial charge < -0.3 is 4.90 Å². The fourth-order valence-electron chi connectivity index (χ4n) is 5.81. The van der Waals surface area contributed by atoms with Crippen molar-refractivity contribution >= 4 is 17.5 Å². The Morgan fingerprint density at radius 2 is 1.57 bits per heavy atom. The molecular weight excluding hydrogens is 282 g/mol. The van der Waals surface area contributed by atoms with E-state index in [1.54, 1.807) is 0 Å². The van der Waals surface area contributed by atoms with Crippen molar-refractivity contribution in [1.29, 1.82) is 0 Å². The average Bonchev–Trinajstić information content (AvgIpc) is 2.46. The molecule has 0 spiro atoms. The Balaban J connectivity index is 1.76. The molecule has 21 heavy (non-hydrogen) atoms. The minimum absolute atomic E-state index is 0.321. The maximum Gasteiger partial charge on any atom is 0.226 e. The Labute approximate surface area is 134 Å². The zero-order chi connectivity index (χ0) is 15.0. The Morgan fingerprint density at radius 3 is 2.00 bits per heavy atom. The fraction of sp³-hybridized carbons (Fsp3) is 0.944. The van der Waals surface area contributed by atoms with E-state index in [-0.39, 0.29) is 0 Å². The van der Waals surface area contributed by atoms with Gasteiger partial charge in [-0.3, -0.25) is 4.79 Å². The third kappa shape index (κ3) is 2.85. The smallest absolute Gasteiger partial charge is 0.226 e. The fourth-order valence-corrected chi connectivity index (χ4v) is 6.00. The molecule has 0 saturated heterocycles. The van der Waals surface area contributed by atoms with Gasteiger partial charge in [-0.15, -0.1) is 11.6 Å². The van der Waals surface area contributed by atoms with Gasteiger partial charge in [0.15, 0.2) is 0 Å². The first-order valence-electron chi connectivity index (χ1n) is 9.04. The van der Waals surface area contributed by atoms with Crippen molar-refractivity contribution in [3.8, 4) is 0 Å². The van der Waals surface area contributed by atoms with Crippen LogP contribution < -0.4 is 0 Å². The second kappa shape index (κ2) is 6.48. The van der Waals surface area contributed by atoms with Gasteiger partial charge in [-0.2, -0.15) is 0 Å². The van der Waals surface area contributed by atoms with Gasteiger partial charge in [0.25, 0.3) is 0 Å². The minimum Gasteiger partial charge on any atom is -0.338 e. The molecule has 0 radical (unpaired) electrons. The number of hydrogen-bond donors (Lipinski definition) is 0. The third-order valence-corrected chi connectivity index (χ3v) is 6.67. The lowest BCUT2D eigenvalue weighted by Gasteiger charge is -2.54. The van der Waals surface area contributed by atoms with Gasteiger partial charge in [-0.25, -0.2) is 0 Å². The van der Waals surface area contributed by atoms with E-state index in [9.17, 15) is 4.79 Å². The van der Waals surface area contributed by atoms with Gasteiger partial charge in [0, 0.05) is 24.4 Å². The zero-order valence-electron chi connectivity index (χ0n) is 13.6. The maximum absolute atomic E-state index is 13.2. The van der Waals surface area contributed by atoms with Crippen molar-refractivity contribution in [2.24, 2.45) is 29.6 Å². The lowest BCUT2D eigenvalue weighted by atomic mass is 9.51. The van der Waals surface area contributed by atoms with Crippen LogP contribution in [0.25, 0.3) is 0 Å². The monoisotopic (exact) mass is 311 g/mol. The molecule has 4 fully saturated rings. The molecule has 4 rings (SSSR count). The van der Waals surface area contributed by atoms with Crippen molar-refractivity contribution in [2.45, 2.75) is 64.8 Å². The number of carbonyl (C=O) groups is 1. The van der Waals surface area contributed by atoms with Crippen LogP contribution in [0.15, 0.2) is 0 Å². The number of halogens is 1. The van der Waals surface area contributed by atoms with Gasteiger partial charge in [-0.05, 0) is 68.6 Å². The van der Waals surface area contributed by atoms with Gasteiger partial charge in [0.05, 0.1) is 0 Å². The third-order valence-electron chi connectivity index (χ3n) is 6.50. The van der Waals surface area contributed by atoms with E-state index in [1.807, 2.05) is 0 Å². The van der Waals surface area contributed by atoms with Crippen LogP contribution in [-0.4, -0.2) is 29.3 Å². The van der Waals surface area contributed by atoms with Crippen molar-refractivity contribution in [3.63, 3.8) is 0 Å². The minimum atomic E-state index is 0.321. The highest BCUT2D eigenvalue weighted by atomic mass is 35.5. The molecule has 0 aromatic rings. The molecule has 0 aromatic heterocycles. The summed E-state index contributed by atoms with van der Waals surface area (Å²) in [4.78, 5) is 15.4. The standard InChI is InChI=1S/C18H30ClNO/c1-3-16(4-2)20(6-5-19)18(21)17-14-8-12-7-13(10-14)11-15(17)9-12/h12-17H,3-11H2,1-2H3. The van der Waals surface area contributed by atoms with Crippen LogP contribution in [0.2, 0.25) is 0 Å². The number of hydrogen-bond acceptors (Lipinski definition) is 1. The largest absolute Gasteiger partial charge is 0.338 e. The first-order valence-corrected chi connectivity index (χ1v) is 9.57. The highest BCUT2D eigenvalue weighted by molar-refractivity contribution is 6.18. The summed E-state index contributed by atoms with van der Waals surface area (Å²) in [5.41, 5.74) is 0. The van der Waals surface area contributed by atoms with Crippen LogP contribution in [-0.2, 0) is 4.79 Å². The number of alkyl halides is 1. The van der Waals surface area contributed by atoms with Crippen LogP contribution in [0.3, 0.4) is 0 Å². The second-order valence-electron chi connectivity index (χ2n) is 7.65. The Kier molecular flexibility index (Phi) is 4.83. The number of carbonyl (C=O) groups excluding carboxylic acids is 1. The van der Waals surface area contributed by atoms with Gasteiger partial charge >= 0.3 is 0 Å². The van der Waals surface area contributed by atoms with E-state index in [4.69, 9.17) is 11.6 Å². The molecule has 2 nitrogen and oxygen atoms in total. The molecule has 0 aromatic carbocycles. The molecule has 3 heteroatoms. The van der Waals surface area contributed by atoms with Gasteiger partial charge in [0.2, 0.25) is 5.91 Å². The summed E-state index contributed by atoms with van der Waals surface area (Å²) in [7, 11) is 0. The first-order chi connectivity index (χ1) is 10.2. The van der Waals surface area contributed by atoms with E-state index in [2.05, 4.69) is 18.7 Å². The van der Waals surface area contributed by atoms with Crippen molar-refractivity contribution in [3.05, 3.63) is 0 Å². The topological polar surface area (TPSA) is 20.3 Å². The van der Waals surface area contributed by atoms with Crippen LogP contribution >= 0.6 is 11.6 Å². The highest BCUT2D eigenvalue weighted by Crippen LogP contribution is 2.57. The molecule has 0 heterocycles. The molecular formula is C18H30ClNO. The summed E-state index contributed by atoms with van der Waals surface area (Å²) in [5.74, 6) is 4.56. The predicted molar refractivity (Wildman–Crippen MR) is 87.3 cm³/mol. The first kappa shape index (κ1) is 15.6. The number of amides is 1. The molecule has 0 unspecified atom stereocenters. The molecule has 0 aliphatic heterocycles. The Bertz CT molecular complexity index is 351. The molecule has 1 amide bonds. The summed E-state index contributed by atoms with van der Waals surface area (Å²) < 4.78 is 0. The molecule has 0 atom stereocenters. The molecule has 4 bridgehead atoms. The van der Waals surface area contributed by atoms with Crippen molar-refractivity contribution in [1.82, 2.24) is 4.90 Å². The summed E-state index contributed by atoms with van der Waals surface area (Å²) in [6.45, 7) is 5.12. The van der Waals surface area contributed by atoms with E-state index in [1.165, 1.54) is 32.1 Å². The van der Waals surface area contributed by atoms with Crippen LogP contribution in [0, 0.1) is 29.6 Å². The second-order valence-corrected chi connectivity index (χ2v) is 8.03. The van der Waals surface area contributed by atoms with E-state index < -0.39 is 0 Å². The molecule has 4 aliphatic carbocycles. The zero-order valence-corrected chi connectivity index (χ0v) is 14.3. The molecule has 120 valence electrons.